The van der Waals surface area contributed by atoms with E-state index in [9.17, 15) is 4.39 Å². The first-order valence-corrected chi connectivity index (χ1v) is 8.31. The molecule has 0 bridgehead atoms. The number of halogens is 1. The number of nitrogens with two attached hydrogens (primary N) is 1. The molecule has 1 saturated carbocycles. The summed E-state index contributed by atoms with van der Waals surface area (Å²) in [7, 11) is 0. The van der Waals surface area contributed by atoms with Crippen LogP contribution in [0.25, 0.3) is 28.2 Å². The summed E-state index contributed by atoms with van der Waals surface area (Å²) in [5, 5.41) is 8.32. The predicted octanol–water partition coefficient (Wildman–Crippen LogP) is 3.37. The Balaban J connectivity index is 1.75. The van der Waals surface area contributed by atoms with Gasteiger partial charge in [-0.15, -0.1) is 5.10 Å². The van der Waals surface area contributed by atoms with Crippen LogP contribution in [0.1, 0.15) is 12.8 Å². The summed E-state index contributed by atoms with van der Waals surface area (Å²) in [6.45, 7) is 0. The molecule has 3 heterocycles. The van der Waals surface area contributed by atoms with Gasteiger partial charge in [0.25, 0.3) is 0 Å². The Morgan fingerprint density at radius 2 is 2.08 bits per heavy atom. The summed E-state index contributed by atoms with van der Waals surface area (Å²) in [5.41, 5.74) is 7.83. The van der Waals surface area contributed by atoms with Crippen molar-refractivity contribution >= 4 is 22.8 Å². The van der Waals surface area contributed by atoms with Crippen LogP contribution in [0.3, 0.4) is 0 Å². The van der Waals surface area contributed by atoms with E-state index in [4.69, 9.17) is 10.2 Å². The minimum Gasteiger partial charge on any atom is -0.463 e. The van der Waals surface area contributed by atoms with Crippen LogP contribution < -0.4 is 11.1 Å². The third-order valence-corrected chi connectivity index (χ3v) is 4.29. The van der Waals surface area contributed by atoms with Gasteiger partial charge >= 0.3 is 0 Å². The van der Waals surface area contributed by atoms with Gasteiger partial charge in [-0.2, -0.15) is 4.98 Å². The SMILES string of the molecule is Nc1c2c(-c3ccco3)nc(NC3CC3)nc2nn1-c1cccc(F)c1. The summed E-state index contributed by atoms with van der Waals surface area (Å²) in [6, 6.07) is 10.1. The van der Waals surface area contributed by atoms with Crippen molar-refractivity contribution in [2.45, 2.75) is 18.9 Å². The van der Waals surface area contributed by atoms with Gasteiger partial charge in [0.2, 0.25) is 5.95 Å². The van der Waals surface area contributed by atoms with Gasteiger partial charge in [-0.05, 0) is 43.2 Å². The van der Waals surface area contributed by atoms with Crippen molar-refractivity contribution in [2.75, 3.05) is 11.1 Å². The van der Waals surface area contributed by atoms with E-state index in [-0.39, 0.29) is 5.82 Å². The minimum absolute atomic E-state index is 0.329. The first kappa shape index (κ1) is 14.9. The van der Waals surface area contributed by atoms with Gasteiger partial charge in [0.15, 0.2) is 11.4 Å². The average Bonchev–Trinajstić information content (AvgIpc) is 3.16. The first-order chi connectivity index (χ1) is 12.7. The van der Waals surface area contributed by atoms with Crippen LogP contribution >= 0.6 is 0 Å². The lowest BCUT2D eigenvalue weighted by Crippen LogP contribution is -2.06. The molecule has 4 aromatic rings. The number of aromatic nitrogens is 4. The lowest BCUT2D eigenvalue weighted by atomic mass is 10.2. The molecule has 0 saturated heterocycles. The molecular weight excluding hydrogens is 335 g/mol. The number of hydrogen-bond donors (Lipinski definition) is 2. The highest BCUT2D eigenvalue weighted by Gasteiger charge is 2.25. The predicted molar refractivity (Wildman–Crippen MR) is 95.4 cm³/mol. The van der Waals surface area contributed by atoms with E-state index in [1.807, 2.05) is 6.07 Å². The molecule has 1 aliphatic carbocycles. The average molecular weight is 350 g/mol. The van der Waals surface area contributed by atoms with Gasteiger partial charge in [-0.25, -0.2) is 14.1 Å². The molecule has 0 atom stereocenters. The van der Waals surface area contributed by atoms with Crippen molar-refractivity contribution < 1.29 is 8.81 Å². The number of nitrogens with zero attached hydrogens (tertiary/aromatic N) is 4. The van der Waals surface area contributed by atoms with E-state index in [0.29, 0.717) is 46.0 Å². The third-order valence-electron chi connectivity index (χ3n) is 4.29. The highest BCUT2D eigenvalue weighted by molar-refractivity contribution is 5.98. The lowest BCUT2D eigenvalue weighted by molar-refractivity contribution is 0.580. The van der Waals surface area contributed by atoms with Crippen molar-refractivity contribution in [3.05, 3.63) is 48.5 Å². The minimum atomic E-state index is -0.366. The summed E-state index contributed by atoms with van der Waals surface area (Å²) in [6.07, 6.45) is 3.76. The highest BCUT2D eigenvalue weighted by Crippen LogP contribution is 2.34. The van der Waals surface area contributed by atoms with E-state index in [2.05, 4.69) is 20.4 Å². The Morgan fingerprint density at radius 3 is 2.81 bits per heavy atom. The normalized spacial score (nSPS) is 14.0. The van der Waals surface area contributed by atoms with Crippen LogP contribution in [0.15, 0.2) is 47.1 Å². The molecule has 0 amide bonds. The molecule has 7 nitrogen and oxygen atoms in total. The number of anilines is 2. The maximum Gasteiger partial charge on any atom is 0.225 e. The fourth-order valence-corrected chi connectivity index (χ4v) is 2.88. The zero-order chi connectivity index (χ0) is 17.7. The fraction of sp³-hybridized carbons (Fsp3) is 0.167. The molecule has 130 valence electrons. The summed E-state index contributed by atoms with van der Waals surface area (Å²) >= 11 is 0. The molecule has 0 spiro atoms. The van der Waals surface area contributed by atoms with Crippen LogP contribution in [0, 0.1) is 5.82 Å². The van der Waals surface area contributed by atoms with Gasteiger partial charge in [0.1, 0.15) is 17.3 Å². The van der Waals surface area contributed by atoms with Crippen LogP contribution in [-0.2, 0) is 0 Å². The van der Waals surface area contributed by atoms with Gasteiger partial charge < -0.3 is 15.5 Å². The Kier molecular flexibility index (Phi) is 3.18. The van der Waals surface area contributed by atoms with E-state index in [0.717, 1.165) is 12.8 Å². The highest BCUT2D eigenvalue weighted by atomic mass is 19.1. The van der Waals surface area contributed by atoms with Crippen LogP contribution in [0.4, 0.5) is 16.2 Å². The summed E-state index contributed by atoms with van der Waals surface area (Å²) in [4.78, 5) is 9.07. The second kappa shape index (κ2) is 5.55. The third kappa shape index (κ3) is 2.46. The fourth-order valence-electron chi connectivity index (χ4n) is 2.88. The molecule has 3 N–H and O–H groups in total. The standard InChI is InChI=1S/C18H15FN6O/c19-10-3-1-4-12(9-10)25-16(20)14-15(13-5-2-8-26-13)22-18(21-11-6-7-11)23-17(14)24-25/h1-5,8-9,11H,6-7,20H2,(H,21,23,24). The number of rotatable bonds is 4. The molecule has 0 radical (unpaired) electrons. The van der Waals surface area contributed by atoms with Crippen molar-refractivity contribution in [1.82, 2.24) is 19.7 Å². The summed E-state index contributed by atoms with van der Waals surface area (Å²) < 4.78 is 20.6. The van der Waals surface area contributed by atoms with Gasteiger partial charge in [0.05, 0.1) is 17.3 Å². The van der Waals surface area contributed by atoms with E-state index in [1.165, 1.54) is 16.8 Å². The molecule has 5 rings (SSSR count). The Morgan fingerprint density at radius 1 is 1.19 bits per heavy atom. The molecule has 0 unspecified atom stereocenters. The Labute approximate surface area is 147 Å². The maximum absolute atomic E-state index is 13.6. The molecule has 3 aromatic heterocycles. The second-order valence-corrected chi connectivity index (χ2v) is 6.27. The van der Waals surface area contributed by atoms with Crippen LogP contribution in [0.2, 0.25) is 0 Å². The molecule has 1 fully saturated rings. The molecular formula is C18H15FN6O. The number of nitrogen functional groups attached to an aromatic ring is 1. The summed E-state index contributed by atoms with van der Waals surface area (Å²) in [5.74, 6) is 1.02. The van der Waals surface area contributed by atoms with Gasteiger partial charge in [-0.1, -0.05) is 6.07 Å². The Bertz CT molecular complexity index is 1100. The monoisotopic (exact) mass is 350 g/mol. The quantitative estimate of drug-likeness (QED) is 0.586. The number of nitrogens with one attached hydrogen (secondary N) is 1. The molecule has 26 heavy (non-hydrogen) atoms. The second-order valence-electron chi connectivity index (χ2n) is 6.27. The van der Waals surface area contributed by atoms with Gasteiger partial charge in [0, 0.05) is 6.04 Å². The van der Waals surface area contributed by atoms with Crippen molar-refractivity contribution in [2.24, 2.45) is 0 Å². The molecule has 1 aromatic carbocycles. The zero-order valence-corrected chi connectivity index (χ0v) is 13.7. The van der Waals surface area contributed by atoms with Crippen LogP contribution in [-0.4, -0.2) is 25.8 Å². The Hall–Kier alpha value is -3.42. The van der Waals surface area contributed by atoms with Gasteiger partial charge in [-0.3, -0.25) is 0 Å². The smallest absolute Gasteiger partial charge is 0.225 e. The molecule has 1 aliphatic rings. The van der Waals surface area contributed by atoms with Crippen molar-refractivity contribution in [3.8, 4) is 17.1 Å². The largest absolute Gasteiger partial charge is 0.463 e. The number of furan rings is 1. The molecule has 0 aliphatic heterocycles. The maximum atomic E-state index is 13.6. The van der Waals surface area contributed by atoms with E-state index in [1.54, 1.807) is 24.5 Å². The van der Waals surface area contributed by atoms with Crippen LogP contribution in [0.5, 0.6) is 0 Å². The lowest BCUT2D eigenvalue weighted by Gasteiger charge is -2.06. The first-order valence-electron chi connectivity index (χ1n) is 8.31. The van der Waals surface area contributed by atoms with E-state index < -0.39 is 0 Å². The van der Waals surface area contributed by atoms with Crippen molar-refractivity contribution in [1.29, 1.82) is 0 Å². The van der Waals surface area contributed by atoms with E-state index >= 15 is 0 Å². The number of benzene rings is 1. The zero-order valence-electron chi connectivity index (χ0n) is 13.7. The number of fused-ring (bicyclic) bond motifs is 1. The van der Waals surface area contributed by atoms with Crippen molar-refractivity contribution in [3.63, 3.8) is 0 Å². The number of hydrogen-bond acceptors (Lipinski definition) is 6. The molecule has 8 heteroatoms. The topological polar surface area (TPSA) is 94.8 Å².